The number of hydrogen-bond donors (Lipinski definition) is 1. The Hall–Kier alpha value is -0.0800. The molecule has 1 N–H and O–H groups in total. The molecule has 0 bridgehead atoms. The van der Waals surface area contributed by atoms with Crippen LogP contribution in [0.15, 0.2) is 0 Å². The summed E-state index contributed by atoms with van der Waals surface area (Å²) in [7, 11) is 0. The van der Waals surface area contributed by atoms with Crippen LogP contribution >= 0.6 is 0 Å². The van der Waals surface area contributed by atoms with Crippen LogP contribution in [0.2, 0.25) is 0 Å². The van der Waals surface area contributed by atoms with Gasteiger partial charge >= 0.3 is 0 Å². The van der Waals surface area contributed by atoms with E-state index in [-0.39, 0.29) is 0 Å². The van der Waals surface area contributed by atoms with Crippen molar-refractivity contribution in [3.8, 4) is 0 Å². The molecule has 2 heteroatoms. The van der Waals surface area contributed by atoms with Gasteiger partial charge in [-0.15, -0.1) is 0 Å². The fourth-order valence-electron chi connectivity index (χ4n) is 2.45. The number of hydrogen-bond acceptors (Lipinski definition) is 2. The van der Waals surface area contributed by atoms with E-state index in [1.165, 1.54) is 51.9 Å². The second-order valence-electron chi connectivity index (χ2n) is 5.25. The molecule has 0 aromatic heterocycles. The Labute approximate surface area is 109 Å². The van der Waals surface area contributed by atoms with Gasteiger partial charge in [0.2, 0.25) is 0 Å². The van der Waals surface area contributed by atoms with Crippen LogP contribution in [0.3, 0.4) is 0 Å². The fourth-order valence-corrected chi connectivity index (χ4v) is 2.45. The molecule has 0 aliphatic carbocycles. The van der Waals surface area contributed by atoms with Gasteiger partial charge in [0, 0.05) is 13.1 Å². The van der Waals surface area contributed by atoms with Crippen LogP contribution in [0.4, 0.5) is 0 Å². The zero-order valence-corrected chi connectivity index (χ0v) is 12.8. The van der Waals surface area contributed by atoms with Crippen LogP contribution in [-0.2, 0) is 0 Å². The lowest BCUT2D eigenvalue weighted by atomic mass is 9.81. The van der Waals surface area contributed by atoms with Crippen LogP contribution in [0.5, 0.6) is 0 Å². The number of rotatable bonds is 11. The summed E-state index contributed by atoms with van der Waals surface area (Å²) in [5.74, 6) is 0. The van der Waals surface area contributed by atoms with Gasteiger partial charge in [-0.05, 0) is 50.7 Å². The van der Waals surface area contributed by atoms with Gasteiger partial charge in [-0.25, -0.2) is 0 Å². The lowest BCUT2D eigenvalue weighted by molar-refractivity contribution is 0.139. The molecule has 0 fully saturated rings. The van der Waals surface area contributed by atoms with E-state index in [2.05, 4.69) is 44.8 Å². The molecule has 0 heterocycles. The van der Waals surface area contributed by atoms with Crippen molar-refractivity contribution in [2.24, 2.45) is 5.41 Å². The second-order valence-corrected chi connectivity index (χ2v) is 5.25. The zero-order valence-electron chi connectivity index (χ0n) is 12.8. The fraction of sp³-hybridized carbons (Fsp3) is 1.00. The third-order valence-electron chi connectivity index (χ3n) is 3.97. The average molecular weight is 242 g/mol. The maximum Gasteiger partial charge on any atom is 0.00498 e. The summed E-state index contributed by atoms with van der Waals surface area (Å²) in [5.41, 5.74) is 0.473. The molecular formula is C15H34N2. The Balaban J connectivity index is 4.34. The first-order chi connectivity index (χ1) is 8.17. The molecule has 0 unspecified atom stereocenters. The molecule has 0 amide bonds. The Kier molecular flexibility index (Phi) is 9.85. The smallest absolute Gasteiger partial charge is 0.00498 e. The SMILES string of the molecule is CCCNCC(CC)(CC)CN(CC)CCC. The molecule has 0 aliphatic heterocycles. The van der Waals surface area contributed by atoms with Crippen LogP contribution in [0, 0.1) is 5.41 Å². The van der Waals surface area contributed by atoms with Crippen molar-refractivity contribution in [1.29, 1.82) is 0 Å². The summed E-state index contributed by atoms with van der Waals surface area (Å²) in [6.07, 6.45) is 5.05. The molecule has 0 radical (unpaired) electrons. The largest absolute Gasteiger partial charge is 0.316 e. The van der Waals surface area contributed by atoms with Crippen molar-refractivity contribution >= 4 is 0 Å². The van der Waals surface area contributed by atoms with E-state index < -0.39 is 0 Å². The van der Waals surface area contributed by atoms with Gasteiger partial charge in [-0.2, -0.15) is 0 Å². The minimum Gasteiger partial charge on any atom is -0.316 e. The summed E-state index contributed by atoms with van der Waals surface area (Å²) < 4.78 is 0. The summed E-state index contributed by atoms with van der Waals surface area (Å²) in [4.78, 5) is 2.61. The molecule has 0 atom stereocenters. The Bertz CT molecular complexity index is 164. The number of nitrogens with zero attached hydrogens (tertiary/aromatic N) is 1. The third kappa shape index (κ3) is 6.42. The van der Waals surface area contributed by atoms with E-state index in [0.717, 1.165) is 6.54 Å². The molecular weight excluding hydrogens is 208 g/mol. The topological polar surface area (TPSA) is 15.3 Å². The van der Waals surface area contributed by atoms with Crippen LogP contribution in [0.1, 0.15) is 60.3 Å². The minimum atomic E-state index is 0.473. The monoisotopic (exact) mass is 242 g/mol. The first-order valence-corrected chi connectivity index (χ1v) is 7.61. The summed E-state index contributed by atoms with van der Waals surface area (Å²) in [6, 6.07) is 0. The van der Waals surface area contributed by atoms with Crippen molar-refractivity contribution in [3.63, 3.8) is 0 Å². The molecule has 0 saturated heterocycles. The highest BCUT2D eigenvalue weighted by Gasteiger charge is 2.27. The summed E-state index contributed by atoms with van der Waals surface area (Å²) in [6.45, 7) is 17.5. The highest BCUT2D eigenvalue weighted by Crippen LogP contribution is 2.27. The van der Waals surface area contributed by atoms with Gasteiger partial charge in [-0.3, -0.25) is 0 Å². The van der Waals surface area contributed by atoms with E-state index in [0.29, 0.717) is 5.41 Å². The molecule has 2 nitrogen and oxygen atoms in total. The maximum atomic E-state index is 3.62. The van der Waals surface area contributed by atoms with E-state index in [1.54, 1.807) is 0 Å². The van der Waals surface area contributed by atoms with Gasteiger partial charge in [0.25, 0.3) is 0 Å². The van der Waals surface area contributed by atoms with Crippen LogP contribution in [0.25, 0.3) is 0 Å². The maximum absolute atomic E-state index is 3.62. The van der Waals surface area contributed by atoms with Crippen LogP contribution in [-0.4, -0.2) is 37.6 Å². The van der Waals surface area contributed by atoms with E-state index in [9.17, 15) is 0 Å². The average Bonchev–Trinajstić information content (AvgIpc) is 2.37. The first kappa shape index (κ1) is 16.9. The molecule has 17 heavy (non-hydrogen) atoms. The van der Waals surface area contributed by atoms with Gasteiger partial charge in [0.1, 0.15) is 0 Å². The van der Waals surface area contributed by atoms with Crippen molar-refractivity contribution in [2.75, 3.05) is 32.7 Å². The standard InChI is InChI=1S/C15H34N2/c1-6-11-16-13-15(8-3,9-4)14-17(10-5)12-7-2/h16H,6-14H2,1-5H3. The zero-order chi connectivity index (χ0) is 13.1. The van der Waals surface area contributed by atoms with E-state index in [1.807, 2.05) is 0 Å². The minimum absolute atomic E-state index is 0.473. The molecule has 0 saturated carbocycles. The summed E-state index contributed by atoms with van der Waals surface area (Å²) in [5, 5.41) is 3.62. The molecule has 0 rings (SSSR count). The Morgan fingerprint density at radius 2 is 1.59 bits per heavy atom. The van der Waals surface area contributed by atoms with Crippen molar-refractivity contribution in [2.45, 2.75) is 60.3 Å². The molecule has 0 aromatic rings. The van der Waals surface area contributed by atoms with Gasteiger partial charge in [0.05, 0.1) is 0 Å². The lowest BCUT2D eigenvalue weighted by Gasteiger charge is -2.37. The number of nitrogens with one attached hydrogen (secondary N) is 1. The van der Waals surface area contributed by atoms with Gasteiger partial charge in [-0.1, -0.05) is 34.6 Å². The molecule has 0 spiro atoms. The quantitative estimate of drug-likeness (QED) is 0.558. The van der Waals surface area contributed by atoms with Crippen molar-refractivity contribution < 1.29 is 0 Å². The molecule has 0 aromatic carbocycles. The highest BCUT2D eigenvalue weighted by molar-refractivity contribution is 4.82. The van der Waals surface area contributed by atoms with Gasteiger partial charge < -0.3 is 10.2 Å². The molecule has 104 valence electrons. The summed E-state index contributed by atoms with van der Waals surface area (Å²) >= 11 is 0. The Morgan fingerprint density at radius 1 is 0.941 bits per heavy atom. The van der Waals surface area contributed by atoms with Crippen molar-refractivity contribution in [1.82, 2.24) is 10.2 Å². The van der Waals surface area contributed by atoms with E-state index >= 15 is 0 Å². The van der Waals surface area contributed by atoms with Gasteiger partial charge in [0.15, 0.2) is 0 Å². The molecule has 0 aliphatic rings. The Morgan fingerprint density at radius 3 is 2.00 bits per heavy atom. The van der Waals surface area contributed by atoms with Crippen molar-refractivity contribution in [3.05, 3.63) is 0 Å². The highest BCUT2D eigenvalue weighted by atomic mass is 15.1. The van der Waals surface area contributed by atoms with Crippen LogP contribution < -0.4 is 5.32 Å². The normalized spacial score (nSPS) is 12.4. The second kappa shape index (κ2) is 9.90. The first-order valence-electron chi connectivity index (χ1n) is 7.61. The van der Waals surface area contributed by atoms with E-state index in [4.69, 9.17) is 0 Å². The predicted octanol–water partition coefficient (Wildman–Crippen LogP) is 3.52. The predicted molar refractivity (Wildman–Crippen MR) is 78.6 cm³/mol. The lowest BCUT2D eigenvalue weighted by Crippen LogP contribution is -2.44. The third-order valence-corrected chi connectivity index (χ3v) is 3.97.